The number of phenolic OH excluding ortho intramolecular Hbond substituents is 1. The molecule has 104 valence electrons. The molecule has 0 saturated carbocycles. The topological polar surface area (TPSA) is 60.8 Å². The molecule has 1 saturated heterocycles. The van der Waals surface area contributed by atoms with Crippen molar-refractivity contribution in [3.8, 4) is 5.75 Å². The molecule has 1 aliphatic rings. The van der Waals surface area contributed by atoms with Crippen molar-refractivity contribution in [1.29, 1.82) is 0 Å². The molecule has 0 radical (unpaired) electrons. The molecule has 1 aliphatic heterocycles. The fraction of sp³-hybridized carbons (Fsp3) is 0.533. The molecule has 1 fully saturated rings. The van der Waals surface area contributed by atoms with Gasteiger partial charge in [0.1, 0.15) is 5.75 Å². The van der Waals surface area contributed by atoms with Crippen LogP contribution in [-0.4, -0.2) is 40.2 Å². The first-order chi connectivity index (χ1) is 9.11. The van der Waals surface area contributed by atoms with E-state index < -0.39 is 0 Å². The molecule has 0 spiro atoms. The zero-order valence-electron chi connectivity index (χ0n) is 11.2. The van der Waals surface area contributed by atoms with E-state index in [2.05, 4.69) is 6.92 Å². The number of piperidine rings is 1. The van der Waals surface area contributed by atoms with E-state index in [0.717, 1.165) is 18.4 Å². The fourth-order valence-electron chi connectivity index (χ4n) is 2.78. The first-order valence-electron chi connectivity index (χ1n) is 6.80. The predicted molar refractivity (Wildman–Crippen MR) is 72.8 cm³/mol. The number of aliphatic hydroxyl groups excluding tert-OH is 1. The van der Waals surface area contributed by atoms with Crippen LogP contribution in [0.4, 0.5) is 0 Å². The number of likely N-dealkylation sites (tertiary alicyclic amines) is 1. The SMILES string of the molecule is C[C@@H]1CCCN(C(=O)Cc2cccc(O)c2)[C@@H]1CO. The molecule has 4 nitrogen and oxygen atoms in total. The van der Waals surface area contributed by atoms with Crippen LogP contribution in [0.2, 0.25) is 0 Å². The van der Waals surface area contributed by atoms with Gasteiger partial charge in [0, 0.05) is 6.54 Å². The summed E-state index contributed by atoms with van der Waals surface area (Å²) in [7, 11) is 0. The molecule has 1 aromatic carbocycles. The van der Waals surface area contributed by atoms with E-state index in [1.807, 2.05) is 6.07 Å². The lowest BCUT2D eigenvalue weighted by molar-refractivity contribution is -0.136. The highest BCUT2D eigenvalue weighted by Gasteiger charge is 2.30. The number of aromatic hydroxyl groups is 1. The Morgan fingerprint density at radius 3 is 2.95 bits per heavy atom. The summed E-state index contributed by atoms with van der Waals surface area (Å²) < 4.78 is 0. The molecule has 19 heavy (non-hydrogen) atoms. The average Bonchev–Trinajstić information content (AvgIpc) is 2.38. The van der Waals surface area contributed by atoms with E-state index in [1.165, 1.54) is 0 Å². The largest absolute Gasteiger partial charge is 0.508 e. The van der Waals surface area contributed by atoms with Gasteiger partial charge >= 0.3 is 0 Å². The highest BCUT2D eigenvalue weighted by atomic mass is 16.3. The van der Waals surface area contributed by atoms with Crippen molar-refractivity contribution in [2.75, 3.05) is 13.2 Å². The minimum atomic E-state index is -0.0708. The number of hydrogen-bond acceptors (Lipinski definition) is 3. The van der Waals surface area contributed by atoms with Gasteiger partial charge in [-0.25, -0.2) is 0 Å². The number of carbonyl (C=O) groups excluding carboxylic acids is 1. The average molecular weight is 263 g/mol. The van der Waals surface area contributed by atoms with Crippen LogP contribution in [-0.2, 0) is 11.2 Å². The summed E-state index contributed by atoms with van der Waals surface area (Å²) in [4.78, 5) is 14.1. The smallest absolute Gasteiger partial charge is 0.227 e. The van der Waals surface area contributed by atoms with Crippen molar-refractivity contribution in [2.45, 2.75) is 32.2 Å². The van der Waals surface area contributed by atoms with Crippen molar-refractivity contribution in [3.63, 3.8) is 0 Å². The van der Waals surface area contributed by atoms with Crippen LogP contribution in [0.25, 0.3) is 0 Å². The van der Waals surface area contributed by atoms with Crippen LogP contribution < -0.4 is 0 Å². The van der Waals surface area contributed by atoms with Crippen molar-refractivity contribution >= 4 is 5.91 Å². The molecule has 1 aromatic rings. The Morgan fingerprint density at radius 2 is 2.26 bits per heavy atom. The van der Waals surface area contributed by atoms with Crippen LogP contribution in [0.15, 0.2) is 24.3 Å². The maximum absolute atomic E-state index is 12.3. The lowest BCUT2D eigenvalue weighted by atomic mass is 9.91. The van der Waals surface area contributed by atoms with Gasteiger partial charge < -0.3 is 15.1 Å². The maximum Gasteiger partial charge on any atom is 0.227 e. The summed E-state index contributed by atoms with van der Waals surface area (Å²) in [6.45, 7) is 2.81. The normalized spacial score (nSPS) is 23.4. The Labute approximate surface area is 113 Å². The molecule has 2 rings (SSSR count). The quantitative estimate of drug-likeness (QED) is 0.870. The van der Waals surface area contributed by atoms with E-state index in [-0.39, 0.29) is 30.7 Å². The van der Waals surface area contributed by atoms with E-state index >= 15 is 0 Å². The standard InChI is InChI=1S/C15H21NO3/c1-11-4-3-7-16(14(11)10-17)15(19)9-12-5-2-6-13(18)8-12/h2,5-6,8,11,14,17-18H,3-4,7,9-10H2,1H3/t11-,14-/m1/s1. The predicted octanol–water partition coefficient (Wildman–Crippen LogP) is 1.55. The molecular weight excluding hydrogens is 242 g/mol. The molecule has 0 aromatic heterocycles. The lowest BCUT2D eigenvalue weighted by Crippen LogP contribution is -2.50. The van der Waals surface area contributed by atoms with Gasteiger partial charge in [0.05, 0.1) is 19.1 Å². The van der Waals surface area contributed by atoms with Gasteiger partial charge in [0.25, 0.3) is 0 Å². The van der Waals surface area contributed by atoms with Crippen molar-refractivity contribution < 1.29 is 15.0 Å². The third-order valence-corrected chi connectivity index (χ3v) is 3.89. The number of hydrogen-bond donors (Lipinski definition) is 2. The van der Waals surface area contributed by atoms with Crippen LogP contribution in [0.3, 0.4) is 0 Å². The van der Waals surface area contributed by atoms with E-state index in [0.29, 0.717) is 12.5 Å². The number of amides is 1. The second-order valence-corrected chi connectivity index (χ2v) is 5.30. The number of nitrogens with zero attached hydrogens (tertiary/aromatic N) is 1. The van der Waals surface area contributed by atoms with Gasteiger partial charge in [-0.15, -0.1) is 0 Å². The molecular formula is C15H21NO3. The van der Waals surface area contributed by atoms with Gasteiger partial charge in [-0.1, -0.05) is 19.1 Å². The van der Waals surface area contributed by atoms with Gasteiger partial charge in [0.15, 0.2) is 0 Å². The Morgan fingerprint density at radius 1 is 1.47 bits per heavy atom. The Bertz CT molecular complexity index is 447. The van der Waals surface area contributed by atoms with Crippen LogP contribution in [0.1, 0.15) is 25.3 Å². The maximum atomic E-state index is 12.3. The Hall–Kier alpha value is -1.55. The second-order valence-electron chi connectivity index (χ2n) is 5.30. The molecule has 0 aliphatic carbocycles. The van der Waals surface area contributed by atoms with Crippen molar-refractivity contribution in [1.82, 2.24) is 4.90 Å². The van der Waals surface area contributed by atoms with Gasteiger partial charge in [-0.2, -0.15) is 0 Å². The number of benzene rings is 1. The minimum absolute atomic E-state index is 0.0208. The summed E-state index contributed by atoms with van der Waals surface area (Å²) in [5.41, 5.74) is 0.805. The highest BCUT2D eigenvalue weighted by Crippen LogP contribution is 2.24. The third-order valence-electron chi connectivity index (χ3n) is 3.89. The summed E-state index contributed by atoms with van der Waals surface area (Å²) in [6, 6.07) is 6.70. The molecule has 1 amide bonds. The minimum Gasteiger partial charge on any atom is -0.508 e. The first kappa shape index (κ1) is 13.9. The first-order valence-corrected chi connectivity index (χ1v) is 6.80. The van der Waals surface area contributed by atoms with Crippen LogP contribution in [0, 0.1) is 5.92 Å². The van der Waals surface area contributed by atoms with E-state index in [4.69, 9.17) is 0 Å². The summed E-state index contributed by atoms with van der Waals surface area (Å²) in [5.74, 6) is 0.541. The van der Waals surface area contributed by atoms with E-state index in [1.54, 1.807) is 23.1 Å². The molecule has 2 N–H and O–H groups in total. The molecule has 1 heterocycles. The zero-order chi connectivity index (χ0) is 13.8. The van der Waals surface area contributed by atoms with Gasteiger partial charge in [-0.05, 0) is 36.5 Å². The number of phenols is 1. The van der Waals surface area contributed by atoms with Crippen LogP contribution >= 0.6 is 0 Å². The van der Waals surface area contributed by atoms with E-state index in [9.17, 15) is 15.0 Å². The summed E-state index contributed by atoms with van der Waals surface area (Å²) in [6.07, 6.45) is 2.32. The summed E-state index contributed by atoms with van der Waals surface area (Å²) >= 11 is 0. The Balaban J connectivity index is 2.06. The number of rotatable bonds is 3. The Kier molecular flexibility index (Phi) is 4.43. The molecule has 2 atom stereocenters. The molecule has 4 heteroatoms. The fourth-order valence-corrected chi connectivity index (χ4v) is 2.78. The summed E-state index contributed by atoms with van der Waals surface area (Å²) in [5, 5.41) is 18.9. The zero-order valence-corrected chi connectivity index (χ0v) is 11.2. The van der Waals surface area contributed by atoms with Crippen molar-refractivity contribution in [2.24, 2.45) is 5.92 Å². The third kappa shape index (κ3) is 3.26. The monoisotopic (exact) mass is 263 g/mol. The van der Waals surface area contributed by atoms with Gasteiger partial charge in [-0.3, -0.25) is 4.79 Å². The molecule has 0 bridgehead atoms. The highest BCUT2D eigenvalue weighted by molar-refractivity contribution is 5.79. The number of carbonyl (C=O) groups is 1. The lowest BCUT2D eigenvalue weighted by Gasteiger charge is -2.39. The second kappa shape index (κ2) is 6.06. The number of aliphatic hydroxyl groups is 1. The molecule has 0 unspecified atom stereocenters. The van der Waals surface area contributed by atoms with Gasteiger partial charge in [0.2, 0.25) is 5.91 Å². The van der Waals surface area contributed by atoms with Crippen molar-refractivity contribution in [3.05, 3.63) is 29.8 Å². The van der Waals surface area contributed by atoms with Crippen LogP contribution in [0.5, 0.6) is 5.75 Å².